The van der Waals surface area contributed by atoms with Gasteiger partial charge < -0.3 is 14.2 Å². The molecule has 0 bridgehead atoms. The first-order valence-corrected chi connectivity index (χ1v) is 9.67. The van der Waals surface area contributed by atoms with Crippen LogP contribution in [0.1, 0.15) is 31.7 Å². The van der Waals surface area contributed by atoms with Crippen LogP contribution in [0.2, 0.25) is 0 Å². The summed E-state index contributed by atoms with van der Waals surface area (Å²) in [6.07, 6.45) is 3.79. The lowest BCUT2D eigenvalue weighted by Gasteiger charge is -2.28. The van der Waals surface area contributed by atoms with Crippen LogP contribution in [-0.2, 0) is 11.2 Å². The zero-order valence-corrected chi connectivity index (χ0v) is 16.5. The fourth-order valence-corrected chi connectivity index (χ4v) is 3.31. The van der Waals surface area contributed by atoms with E-state index in [1.165, 1.54) is 6.07 Å². The van der Waals surface area contributed by atoms with Gasteiger partial charge in [-0.15, -0.1) is 6.58 Å². The van der Waals surface area contributed by atoms with Crippen LogP contribution in [0.5, 0.6) is 11.5 Å². The molecule has 2 unspecified atom stereocenters. The summed E-state index contributed by atoms with van der Waals surface area (Å²) in [6, 6.07) is 1.37. The lowest BCUT2D eigenvalue weighted by atomic mass is 9.98. The number of allylic oxidation sites excluding steroid dienone is 3. The lowest BCUT2D eigenvalue weighted by Crippen LogP contribution is -2.30. The topological polar surface area (TPSA) is 27.7 Å². The number of hydrogen-bond acceptors (Lipinski definition) is 3. The van der Waals surface area contributed by atoms with Gasteiger partial charge in [0.2, 0.25) is 11.6 Å². The van der Waals surface area contributed by atoms with E-state index in [2.05, 4.69) is 19.7 Å². The van der Waals surface area contributed by atoms with Crippen molar-refractivity contribution in [1.82, 2.24) is 0 Å². The van der Waals surface area contributed by atoms with Crippen molar-refractivity contribution in [3.05, 3.63) is 71.8 Å². The number of fused-ring (bicyclic) bond motifs is 1. The maximum Gasteiger partial charge on any atom is 0.205 e. The second-order valence-electron chi connectivity index (χ2n) is 7.31. The first-order chi connectivity index (χ1) is 13.8. The molecule has 2 aliphatic rings. The molecule has 2 atom stereocenters. The Bertz CT molecular complexity index is 865. The molecule has 0 N–H and O–H groups in total. The van der Waals surface area contributed by atoms with E-state index in [4.69, 9.17) is 14.2 Å². The Morgan fingerprint density at radius 3 is 2.69 bits per heavy atom. The van der Waals surface area contributed by atoms with Crippen LogP contribution in [0.15, 0.2) is 54.6 Å². The van der Waals surface area contributed by atoms with Crippen LogP contribution in [0.3, 0.4) is 0 Å². The highest BCUT2D eigenvalue weighted by atomic mass is 19.2. The summed E-state index contributed by atoms with van der Waals surface area (Å²) >= 11 is 0. The molecule has 1 saturated heterocycles. The molecule has 3 rings (SSSR count). The lowest BCUT2D eigenvalue weighted by molar-refractivity contribution is -0.0281. The fraction of sp³-hybridized carbons (Fsp3) is 0.391. The summed E-state index contributed by atoms with van der Waals surface area (Å²) in [6.45, 7) is 13.5. The van der Waals surface area contributed by atoms with E-state index in [1.54, 1.807) is 6.92 Å². The second-order valence-corrected chi connectivity index (χ2v) is 7.31. The molecule has 3 nitrogen and oxygen atoms in total. The van der Waals surface area contributed by atoms with Crippen molar-refractivity contribution in [2.24, 2.45) is 5.92 Å². The molecule has 1 aromatic carbocycles. The Kier molecular flexibility index (Phi) is 6.52. The Morgan fingerprint density at radius 1 is 1.31 bits per heavy atom. The standard InChI is InChI=1S/C23H25F3O3/c1-5-13(3)19(24)22-14(4)9-16-10-18(20(25)21(26)23(16)29-22)28-12-17-8-7-15(6-2)11-27-17/h6,10,15,17H,2-5,7-9,11-12H2,1H3/b22-19-. The molecule has 2 aliphatic heterocycles. The van der Waals surface area contributed by atoms with E-state index in [9.17, 15) is 13.2 Å². The SMILES string of the molecule is C=CC1CCC(COc2cc3c(c(F)c2F)O/C(=C(\F)C(=C)CC)C(=C)C3)OC1. The van der Waals surface area contributed by atoms with Crippen molar-refractivity contribution in [3.8, 4) is 11.5 Å². The highest BCUT2D eigenvalue weighted by Crippen LogP contribution is 2.41. The molecule has 156 valence electrons. The van der Waals surface area contributed by atoms with Crippen LogP contribution in [0.4, 0.5) is 13.2 Å². The first kappa shape index (κ1) is 21.2. The highest BCUT2D eigenvalue weighted by Gasteiger charge is 2.30. The normalized spacial score (nSPS) is 23.1. The number of hydrogen-bond donors (Lipinski definition) is 0. The monoisotopic (exact) mass is 406 g/mol. The molecule has 0 spiro atoms. The Balaban J connectivity index is 1.78. The highest BCUT2D eigenvalue weighted by molar-refractivity contribution is 5.52. The molecule has 1 aromatic rings. The minimum absolute atomic E-state index is 0.108. The third-order valence-corrected chi connectivity index (χ3v) is 5.23. The third kappa shape index (κ3) is 4.42. The maximum atomic E-state index is 14.6. The quantitative estimate of drug-likeness (QED) is 0.545. The van der Waals surface area contributed by atoms with E-state index in [0.29, 0.717) is 30.1 Å². The molecule has 0 aliphatic carbocycles. The minimum atomic E-state index is -1.21. The molecule has 0 amide bonds. The van der Waals surface area contributed by atoms with Gasteiger partial charge in [-0.1, -0.05) is 26.2 Å². The molecule has 0 saturated carbocycles. The van der Waals surface area contributed by atoms with Gasteiger partial charge in [0.25, 0.3) is 0 Å². The van der Waals surface area contributed by atoms with Gasteiger partial charge >= 0.3 is 0 Å². The van der Waals surface area contributed by atoms with Gasteiger partial charge in [0.15, 0.2) is 23.1 Å². The molecule has 2 heterocycles. The summed E-state index contributed by atoms with van der Waals surface area (Å²) < 4.78 is 60.1. The molecule has 29 heavy (non-hydrogen) atoms. The second kappa shape index (κ2) is 8.91. The predicted molar refractivity (Wildman–Crippen MR) is 106 cm³/mol. The van der Waals surface area contributed by atoms with Gasteiger partial charge in [-0.05, 0) is 36.5 Å². The summed E-state index contributed by atoms with van der Waals surface area (Å²) in [4.78, 5) is 0. The van der Waals surface area contributed by atoms with Crippen molar-refractivity contribution < 1.29 is 27.4 Å². The van der Waals surface area contributed by atoms with E-state index >= 15 is 0 Å². The number of rotatable bonds is 6. The van der Waals surface area contributed by atoms with Gasteiger partial charge in [-0.3, -0.25) is 0 Å². The van der Waals surface area contributed by atoms with Crippen molar-refractivity contribution >= 4 is 0 Å². The summed E-state index contributed by atoms with van der Waals surface area (Å²) in [5, 5.41) is 0. The molecule has 0 radical (unpaired) electrons. The molecule has 1 fully saturated rings. The van der Waals surface area contributed by atoms with E-state index in [-0.39, 0.29) is 42.0 Å². The Hall–Kier alpha value is -2.47. The van der Waals surface area contributed by atoms with Gasteiger partial charge in [0, 0.05) is 17.9 Å². The number of ether oxygens (including phenoxy) is 3. The van der Waals surface area contributed by atoms with Crippen LogP contribution in [0, 0.1) is 17.6 Å². The van der Waals surface area contributed by atoms with Crippen molar-refractivity contribution in [2.75, 3.05) is 13.2 Å². The van der Waals surface area contributed by atoms with E-state index in [1.807, 2.05) is 6.08 Å². The van der Waals surface area contributed by atoms with Gasteiger partial charge in [0.05, 0.1) is 12.7 Å². The average molecular weight is 406 g/mol. The summed E-state index contributed by atoms with van der Waals surface area (Å²) in [5.74, 6) is -3.56. The third-order valence-electron chi connectivity index (χ3n) is 5.23. The van der Waals surface area contributed by atoms with Crippen molar-refractivity contribution in [1.29, 1.82) is 0 Å². The Labute approximate surface area is 169 Å². The maximum absolute atomic E-state index is 14.6. The number of benzene rings is 1. The molecular formula is C23H25F3O3. The molecular weight excluding hydrogens is 381 g/mol. The van der Waals surface area contributed by atoms with Crippen LogP contribution >= 0.6 is 0 Å². The molecule has 0 aromatic heterocycles. The summed E-state index contributed by atoms with van der Waals surface area (Å²) in [5.41, 5.74) is 0.878. The van der Waals surface area contributed by atoms with Crippen LogP contribution in [-0.4, -0.2) is 19.3 Å². The largest absolute Gasteiger partial charge is 0.488 e. The van der Waals surface area contributed by atoms with Gasteiger partial charge in [0.1, 0.15) is 6.61 Å². The van der Waals surface area contributed by atoms with Gasteiger partial charge in [-0.2, -0.15) is 8.78 Å². The molecule has 6 heteroatoms. The zero-order chi connectivity index (χ0) is 21.1. The first-order valence-electron chi connectivity index (χ1n) is 9.67. The predicted octanol–water partition coefficient (Wildman–Crippen LogP) is 5.96. The van der Waals surface area contributed by atoms with Gasteiger partial charge in [-0.25, -0.2) is 4.39 Å². The Morgan fingerprint density at radius 2 is 2.07 bits per heavy atom. The minimum Gasteiger partial charge on any atom is -0.488 e. The van der Waals surface area contributed by atoms with Crippen molar-refractivity contribution in [2.45, 2.75) is 38.7 Å². The summed E-state index contributed by atoms with van der Waals surface area (Å²) in [7, 11) is 0. The van der Waals surface area contributed by atoms with E-state index < -0.39 is 17.5 Å². The van der Waals surface area contributed by atoms with Crippen LogP contribution < -0.4 is 9.47 Å². The zero-order valence-electron chi connectivity index (χ0n) is 16.5. The van der Waals surface area contributed by atoms with Crippen molar-refractivity contribution in [3.63, 3.8) is 0 Å². The van der Waals surface area contributed by atoms with Crippen LogP contribution in [0.25, 0.3) is 0 Å². The fourth-order valence-electron chi connectivity index (χ4n) is 3.31. The smallest absolute Gasteiger partial charge is 0.205 e. The van der Waals surface area contributed by atoms with E-state index in [0.717, 1.165) is 12.8 Å². The number of halogens is 3. The average Bonchev–Trinajstić information content (AvgIpc) is 2.74.